The van der Waals surface area contributed by atoms with E-state index in [2.05, 4.69) is 29.4 Å². The number of para-hydroxylation sites is 1. The van der Waals surface area contributed by atoms with Gasteiger partial charge in [-0.25, -0.2) is 0 Å². The molecule has 1 aromatic carbocycles. The first kappa shape index (κ1) is 21.3. The Kier molecular flexibility index (Phi) is 8.14. The van der Waals surface area contributed by atoms with Crippen molar-refractivity contribution < 1.29 is 9.59 Å². The van der Waals surface area contributed by atoms with Crippen LogP contribution in [0.2, 0.25) is 0 Å². The highest BCUT2D eigenvalue weighted by Gasteiger charge is 2.24. The van der Waals surface area contributed by atoms with Crippen molar-refractivity contribution >= 4 is 17.5 Å². The molecule has 1 aromatic rings. The third-order valence-corrected chi connectivity index (χ3v) is 5.40. The van der Waals surface area contributed by atoms with Gasteiger partial charge in [-0.3, -0.25) is 9.59 Å². The molecule has 0 bridgehead atoms. The number of hydrogen-bond acceptors (Lipinski definition) is 3. The van der Waals surface area contributed by atoms with E-state index in [1.165, 1.54) is 0 Å². The molecule has 1 heterocycles. The van der Waals surface area contributed by atoms with Gasteiger partial charge in [0.05, 0.1) is 5.56 Å². The van der Waals surface area contributed by atoms with E-state index < -0.39 is 0 Å². The minimum atomic E-state index is -0.00144. The molecule has 2 rings (SSSR count). The maximum absolute atomic E-state index is 12.6. The van der Waals surface area contributed by atoms with Gasteiger partial charge < -0.3 is 15.5 Å². The number of amides is 2. The molecule has 1 saturated heterocycles. The van der Waals surface area contributed by atoms with Crippen molar-refractivity contribution in [2.45, 2.75) is 59.4 Å². The van der Waals surface area contributed by atoms with Crippen LogP contribution in [0.5, 0.6) is 0 Å². The first-order chi connectivity index (χ1) is 12.9. The number of carbonyl (C=O) groups is 2. The van der Waals surface area contributed by atoms with Gasteiger partial charge in [0, 0.05) is 37.3 Å². The summed E-state index contributed by atoms with van der Waals surface area (Å²) in [6, 6.07) is 8.05. The minimum Gasteiger partial charge on any atom is -0.371 e. The Morgan fingerprint density at radius 1 is 1.15 bits per heavy atom. The van der Waals surface area contributed by atoms with Crippen molar-refractivity contribution in [1.29, 1.82) is 0 Å². The number of rotatable bonds is 8. The van der Waals surface area contributed by atoms with Gasteiger partial charge in [-0.15, -0.1) is 0 Å². The summed E-state index contributed by atoms with van der Waals surface area (Å²) in [4.78, 5) is 27.0. The predicted octanol–water partition coefficient (Wildman–Crippen LogP) is 3.59. The van der Waals surface area contributed by atoms with Gasteiger partial charge in [-0.1, -0.05) is 39.8 Å². The first-order valence-corrected chi connectivity index (χ1v) is 10.3. The van der Waals surface area contributed by atoms with Crippen LogP contribution in [-0.2, 0) is 4.79 Å². The molecule has 1 atom stereocenters. The zero-order valence-electron chi connectivity index (χ0n) is 17.3. The van der Waals surface area contributed by atoms with Crippen molar-refractivity contribution in [2.75, 3.05) is 24.5 Å². The highest BCUT2D eigenvalue weighted by molar-refractivity contribution is 5.99. The fraction of sp³-hybridized carbons (Fsp3) is 0.636. The topological polar surface area (TPSA) is 61.4 Å². The summed E-state index contributed by atoms with van der Waals surface area (Å²) in [6.07, 6.45) is 3.66. The molecule has 0 spiro atoms. The molecule has 1 aliphatic heterocycles. The average Bonchev–Trinajstić information content (AvgIpc) is 2.67. The summed E-state index contributed by atoms with van der Waals surface area (Å²) < 4.78 is 0. The van der Waals surface area contributed by atoms with Crippen molar-refractivity contribution in [1.82, 2.24) is 10.6 Å². The number of anilines is 1. The molecule has 5 nitrogen and oxygen atoms in total. The van der Waals surface area contributed by atoms with Crippen molar-refractivity contribution in [2.24, 2.45) is 11.8 Å². The lowest BCUT2D eigenvalue weighted by molar-refractivity contribution is -0.125. The van der Waals surface area contributed by atoms with Gasteiger partial charge in [0.25, 0.3) is 5.91 Å². The molecular weight excluding hydrogens is 338 g/mol. The van der Waals surface area contributed by atoms with E-state index in [1.807, 2.05) is 38.1 Å². The minimum absolute atomic E-state index is 0.00144. The second kappa shape index (κ2) is 10.3. The normalized spacial score (nSPS) is 16.3. The van der Waals surface area contributed by atoms with E-state index in [0.29, 0.717) is 12.5 Å². The fourth-order valence-corrected chi connectivity index (χ4v) is 3.30. The summed E-state index contributed by atoms with van der Waals surface area (Å²) in [7, 11) is 0. The molecule has 0 saturated carbocycles. The molecule has 1 aliphatic rings. The van der Waals surface area contributed by atoms with E-state index in [9.17, 15) is 9.59 Å². The van der Waals surface area contributed by atoms with E-state index in [1.54, 1.807) is 0 Å². The van der Waals surface area contributed by atoms with Crippen LogP contribution in [0.15, 0.2) is 24.3 Å². The van der Waals surface area contributed by atoms with Gasteiger partial charge >= 0.3 is 0 Å². The third kappa shape index (κ3) is 6.26. The lowest BCUT2D eigenvalue weighted by Gasteiger charge is -2.35. The largest absolute Gasteiger partial charge is 0.371 e. The van der Waals surface area contributed by atoms with E-state index >= 15 is 0 Å². The molecule has 2 N–H and O–H groups in total. The molecule has 150 valence electrons. The van der Waals surface area contributed by atoms with Crippen LogP contribution in [0, 0.1) is 11.8 Å². The zero-order chi connectivity index (χ0) is 19.8. The highest BCUT2D eigenvalue weighted by Crippen LogP contribution is 2.24. The van der Waals surface area contributed by atoms with Gasteiger partial charge in [0.2, 0.25) is 5.91 Å². The predicted molar refractivity (Wildman–Crippen MR) is 111 cm³/mol. The van der Waals surface area contributed by atoms with Crippen LogP contribution in [0.4, 0.5) is 5.69 Å². The van der Waals surface area contributed by atoms with Crippen LogP contribution in [-0.4, -0.2) is 37.5 Å². The zero-order valence-corrected chi connectivity index (χ0v) is 17.3. The van der Waals surface area contributed by atoms with Crippen LogP contribution in [0.25, 0.3) is 0 Å². The second-order valence-corrected chi connectivity index (χ2v) is 8.03. The summed E-state index contributed by atoms with van der Waals surface area (Å²) in [5.41, 5.74) is 1.73. The number of hydrogen-bond donors (Lipinski definition) is 2. The van der Waals surface area contributed by atoms with Crippen LogP contribution in [0.1, 0.15) is 63.7 Å². The third-order valence-electron chi connectivity index (χ3n) is 5.40. The average molecular weight is 374 g/mol. The Labute approximate surface area is 163 Å². The maximum Gasteiger partial charge on any atom is 0.253 e. The molecular formula is C22H35N3O2. The summed E-state index contributed by atoms with van der Waals surface area (Å²) in [6.45, 7) is 10.7. The number of piperidine rings is 1. The molecule has 0 aromatic heterocycles. The van der Waals surface area contributed by atoms with Crippen molar-refractivity contribution in [3.63, 3.8) is 0 Å². The molecule has 2 amide bonds. The Balaban J connectivity index is 1.94. The first-order valence-electron chi connectivity index (χ1n) is 10.3. The molecule has 27 heavy (non-hydrogen) atoms. The number of nitrogens with zero attached hydrogens (tertiary/aromatic N) is 1. The standard InChI is InChI=1S/C22H35N3O2/c1-5-17(4)21(26)24-18-11-14-25(15-12-18)20-9-7-6-8-19(20)22(27)23-13-10-16(2)3/h6-9,16-18H,5,10-15H2,1-4H3,(H,23,27)(H,24,26). The van der Waals surface area contributed by atoms with Gasteiger partial charge in [-0.05, 0) is 43.7 Å². The summed E-state index contributed by atoms with van der Waals surface area (Å²) >= 11 is 0. The maximum atomic E-state index is 12.6. The smallest absolute Gasteiger partial charge is 0.253 e. The summed E-state index contributed by atoms with van der Waals surface area (Å²) in [5, 5.41) is 6.21. The van der Waals surface area contributed by atoms with Crippen LogP contribution < -0.4 is 15.5 Å². The Hall–Kier alpha value is -2.04. The van der Waals surface area contributed by atoms with Gasteiger partial charge in [0.1, 0.15) is 0 Å². The van der Waals surface area contributed by atoms with Crippen molar-refractivity contribution in [3.8, 4) is 0 Å². The van der Waals surface area contributed by atoms with E-state index in [0.717, 1.165) is 50.0 Å². The highest BCUT2D eigenvalue weighted by atomic mass is 16.2. The molecule has 1 fully saturated rings. The second-order valence-electron chi connectivity index (χ2n) is 8.03. The monoisotopic (exact) mass is 373 g/mol. The molecule has 5 heteroatoms. The quantitative estimate of drug-likeness (QED) is 0.732. The van der Waals surface area contributed by atoms with Gasteiger partial charge in [-0.2, -0.15) is 0 Å². The van der Waals surface area contributed by atoms with Crippen molar-refractivity contribution in [3.05, 3.63) is 29.8 Å². The SMILES string of the molecule is CCC(C)C(=O)NC1CCN(c2ccccc2C(=O)NCCC(C)C)CC1. The Morgan fingerprint density at radius 2 is 1.81 bits per heavy atom. The van der Waals surface area contributed by atoms with E-state index in [-0.39, 0.29) is 23.8 Å². The Bertz CT molecular complexity index is 622. The lowest BCUT2D eigenvalue weighted by atomic mass is 10.0. The van der Waals surface area contributed by atoms with Gasteiger partial charge in [0.15, 0.2) is 0 Å². The number of nitrogens with one attached hydrogen (secondary N) is 2. The lowest BCUT2D eigenvalue weighted by Crippen LogP contribution is -2.46. The fourth-order valence-electron chi connectivity index (χ4n) is 3.30. The molecule has 0 radical (unpaired) electrons. The molecule has 1 unspecified atom stereocenters. The van der Waals surface area contributed by atoms with E-state index in [4.69, 9.17) is 0 Å². The molecule has 0 aliphatic carbocycles. The van der Waals surface area contributed by atoms with Crippen LogP contribution in [0.3, 0.4) is 0 Å². The Morgan fingerprint density at radius 3 is 2.44 bits per heavy atom. The number of benzene rings is 1. The number of carbonyl (C=O) groups excluding carboxylic acids is 2. The van der Waals surface area contributed by atoms with Crippen LogP contribution >= 0.6 is 0 Å². The summed E-state index contributed by atoms with van der Waals surface area (Å²) in [5.74, 6) is 0.794.